The Hall–Kier alpha value is -3.41. The summed E-state index contributed by atoms with van der Waals surface area (Å²) >= 11 is 0. The van der Waals surface area contributed by atoms with E-state index in [1.807, 2.05) is 41.3 Å². The quantitative estimate of drug-likeness (QED) is 0.584. The van der Waals surface area contributed by atoms with Crippen LogP contribution >= 0.6 is 0 Å². The first-order valence-electron chi connectivity index (χ1n) is 9.52. The van der Waals surface area contributed by atoms with Gasteiger partial charge in [-0.25, -0.2) is 9.97 Å². The summed E-state index contributed by atoms with van der Waals surface area (Å²) in [6.07, 6.45) is 7.23. The van der Waals surface area contributed by atoms with Crippen molar-refractivity contribution in [3.8, 4) is 11.5 Å². The Bertz CT molecular complexity index is 1110. The zero-order chi connectivity index (χ0) is 18.9. The number of piperidine rings is 1. The maximum Gasteiger partial charge on any atom is 0.291 e. The number of pyridine rings is 1. The molecule has 0 saturated carbocycles. The molecule has 1 N–H and O–H groups in total. The summed E-state index contributed by atoms with van der Waals surface area (Å²) in [7, 11) is 0. The molecular weight excluding hydrogens is 352 g/mol. The van der Waals surface area contributed by atoms with Crippen LogP contribution in [0, 0.1) is 0 Å². The number of nitrogens with zero attached hydrogens (tertiary/aromatic N) is 3. The average molecular weight is 372 g/mol. The van der Waals surface area contributed by atoms with Crippen molar-refractivity contribution in [2.45, 2.75) is 18.8 Å². The first kappa shape index (κ1) is 16.7. The molecule has 0 radical (unpaired) electrons. The molecule has 6 nitrogen and oxygen atoms in total. The third-order valence-electron chi connectivity index (χ3n) is 5.44. The molecular formula is C22H20N4O2. The van der Waals surface area contributed by atoms with Crippen molar-refractivity contribution in [1.82, 2.24) is 19.9 Å². The van der Waals surface area contributed by atoms with Crippen LogP contribution in [0.2, 0.25) is 0 Å². The minimum Gasteiger partial charge on any atom is -0.431 e. The number of nitrogens with one attached hydrogen (secondary N) is 1. The number of rotatable bonds is 3. The zero-order valence-electron chi connectivity index (χ0n) is 15.3. The van der Waals surface area contributed by atoms with E-state index in [0.29, 0.717) is 30.7 Å². The standard InChI is InChI=1S/C22H20N4O2/c27-22(19-14-25-21(28-19)16-5-2-1-3-6-16)26-11-8-15(9-12-26)18-13-24-20-17(18)7-4-10-23-20/h1-7,10,13-15H,8-9,11-12H2,(H,23,24). The van der Waals surface area contributed by atoms with E-state index in [9.17, 15) is 4.79 Å². The molecule has 4 aromatic rings. The van der Waals surface area contributed by atoms with Crippen molar-refractivity contribution in [1.29, 1.82) is 0 Å². The van der Waals surface area contributed by atoms with E-state index in [4.69, 9.17) is 4.42 Å². The Labute approximate surface area is 162 Å². The highest BCUT2D eigenvalue weighted by Crippen LogP contribution is 2.33. The molecule has 4 heterocycles. The van der Waals surface area contributed by atoms with Crippen LogP contribution in [-0.4, -0.2) is 38.8 Å². The number of carbonyl (C=O) groups is 1. The van der Waals surface area contributed by atoms with Crippen LogP contribution in [0.15, 0.2) is 65.5 Å². The van der Waals surface area contributed by atoms with Crippen molar-refractivity contribution in [2.24, 2.45) is 0 Å². The van der Waals surface area contributed by atoms with Gasteiger partial charge in [0.2, 0.25) is 11.7 Å². The van der Waals surface area contributed by atoms with E-state index in [0.717, 1.165) is 24.1 Å². The SMILES string of the molecule is O=C(c1cnc(-c2ccccc2)o1)N1CCC(c2c[nH]c3ncccc23)CC1. The van der Waals surface area contributed by atoms with E-state index in [2.05, 4.69) is 27.2 Å². The van der Waals surface area contributed by atoms with Crippen LogP contribution in [0.1, 0.15) is 34.9 Å². The third-order valence-corrected chi connectivity index (χ3v) is 5.44. The van der Waals surface area contributed by atoms with Gasteiger partial charge in [0.15, 0.2) is 0 Å². The van der Waals surface area contributed by atoms with Gasteiger partial charge in [-0.3, -0.25) is 4.79 Å². The summed E-state index contributed by atoms with van der Waals surface area (Å²) in [6.45, 7) is 1.41. The second-order valence-corrected chi connectivity index (χ2v) is 7.11. The van der Waals surface area contributed by atoms with Gasteiger partial charge in [0, 0.05) is 36.4 Å². The average Bonchev–Trinajstić information content (AvgIpc) is 3.42. The van der Waals surface area contributed by atoms with E-state index < -0.39 is 0 Å². The van der Waals surface area contributed by atoms with Gasteiger partial charge < -0.3 is 14.3 Å². The number of hydrogen-bond acceptors (Lipinski definition) is 4. The predicted molar refractivity (Wildman–Crippen MR) is 106 cm³/mol. The van der Waals surface area contributed by atoms with E-state index in [1.165, 1.54) is 17.1 Å². The highest BCUT2D eigenvalue weighted by molar-refractivity contribution is 5.91. The smallest absolute Gasteiger partial charge is 0.291 e. The van der Waals surface area contributed by atoms with Crippen LogP contribution in [0.3, 0.4) is 0 Å². The highest BCUT2D eigenvalue weighted by atomic mass is 16.4. The van der Waals surface area contributed by atoms with Gasteiger partial charge in [-0.1, -0.05) is 18.2 Å². The summed E-state index contributed by atoms with van der Waals surface area (Å²) < 4.78 is 5.73. The van der Waals surface area contributed by atoms with Crippen LogP contribution < -0.4 is 0 Å². The molecule has 0 bridgehead atoms. The molecule has 140 valence electrons. The topological polar surface area (TPSA) is 75.0 Å². The second-order valence-electron chi connectivity index (χ2n) is 7.11. The van der Waals surface area contributed by atoms with Gasteiger partial charge in [0.05, 0.1) is 6.20 Å². The Kier molecular flexibility index (Phi) is 4.16. The fraction of sp³-hybridized carbons (Fsp3) is 0.227. The molecule has 28 heavy (non-hydrogen) atoms. The van der Waals surface area contributed by atoms with Crippen molar-refractivity contribution in [3.63, 3.8) is 0 Å². The number of aromatic nitrogens is 3. The number of benzene rings is 1. The molecule has 0 atom stereocenters. The fourth-order valence-corrected chi connectivity index (χ4v) is 3.95. The van der Waals surface area contributed by atoms with Crippen LogP contribution in [0.25, 0.3) is 22.5 Å². The van der Waals surface area contributed by atoms with E-state index in [-0.39, 0.29) is 5.91 Å². The predicted octanol–water partition coefficient (Wildman–Crippen LogP) is 4.24. The summed E-state index contributed by atoms with van der Waals surface area (Å²) in [5.41, 5.74) is 3.08. The molecule has 5 rings (SSSR count). The number of fused-ring (bicyclic) bond motifs is 1. The molecule has 0 aliphatic carbocycles. The Morgan fingerprint density at radius 3 is 2.71 bits per heavy atom. The third kappa shape index (κ3) is 2.97. The minimum absolute atomic E-state index is 0.0891. The minimum atomic E-state index is -0.0891. The van der Waals surface area contributed by atoms with Gasteiger partial charge in [0.1, 0.15) is 5.65 Å². The Morgan fingerprint density at radius 1 is 1.07 bits per heavy atom. The molecule has 1 aliphatic heterocycles. The van der Waals surface area contributed by atoms with Crippen LogP contribution in [0.4, 0.5) is 0 Å². The van der Waals surface area contributed by atoms with Gasteiger partial charge >= 0.3 is 0 Å². The lowest BCUT2D eigenvalue weighted by Gasteiger charge is -2.31. The zero-order valence-corrected chi connectivity index (χ0v) is 15.3. The van der Waals surface area contributed by atoms with Crippen molar-refractivity contribution in [2.75, 3.05) is 13.1 Å². The number of likely N-dealkylation sites (tertiary alicyclic amines) is 1. The molecule has 1 aliphatic rings. The van der Waals surface area contributed by atoms with E-state index in [1.54, 1.807) is 6.20 Å². The number of amides is 1. The number of oxazole rings is 1. The first-order valence-corrected chi connectivity index (χ1v) is 9.52. The Balaban J connectivity index is 1.28. The molecule has 0 unspecified atom stereocenters. The largest absolute Gasteiger partial charge is 0.431 e. The Morgan fingerprint density at radius 2 is 1.89 bits per heavy atom. The molecule has 1 fully saturated rings. The second kappa shape index (κ2) is 6.96. The normalized spacial score (nSPS) is 15.2. The van der Waals surface area contributed by atoms with Gasteiger partial charge in [-0.2, -0.15) is 0 Å². The summed E-state index contributed by atoms with van der Waals surface area (Å²) in [4.78, 5) is 26.6. The van der Waals surface area contributed by atoms with Gasteiger partial charge in [-0.15, -0.1) is 0 Å². The van der Waals surface area contributed by atoms with Crippen molar-refractivity contribution in [3.05, 3.63) is 72.4 Å². The molecule has 1 amide bonds. The molecule has 6 heteroatoms. The number of carbonyl (C=O) groups excluding carboxylic acids is 1. The van der Waals surface area contributed by atoms with Crippen molar-refractivity contribution >= 4 is 16.9 Å². The molecule has 1 saturated heterocycles. The first-order chi connectivity index (χ1) is 13.8. The molecule has 0 spiro atoms. The van der Waals surface area contributed by atoms with Crippen molar-refractivity contribution < 1.29 is 9.21 Å². The summed E-state index contributed by atoms with van der Waals surface area (Å²) in [5, 5.41) is 1.18. The number of aromatic amines is 1. The molecule has 3 aromatic heterocycles. The number of hydrogen-bond donors (Lipinski definition) is 1. The fourth-order valence-electron chi connectivity index (χ4n) is 3.95. The maximum absolute atomic E-state index is 12.8. The summed E-state index contributed by atoms with van der Waals surface area (Å²) in [6, 6.07) is 13.7. The van der Waals surface area contributed by atoms with Gasteiger partial charge in [0.25, 0.3) is 5.91 Å². The highest BCUT2D eigenvalue weighted by Gasteiger charge is 2.28. The van der Waals surface area contributed by atoms with Crippen LogP contribution in [-0.2, 0) is 0 Å². The maximum atomic E-state index is 12.8. The lowest BCUT2D eigenvalue weighted by atomic mass is 9.89. The lowest BCUT2D eigenvalue weighted by Crippen LogP contribution is -2.37. The summed E-state index contributed by atoms with van der Waals surface area (Å²) in [5.74, 6) is 1.11. The van der Waals surface area contributed by atoms with Crippen LogP contribution in [0.5, 0.6) is 0 Å². The number of H-pyrrole nitrogens is 1. The molecule has 1 aromatic carbocycles. The van der Waals surface area contributed by atoms with Gasteiger partial charge in [-0.05, 0) is 48.6 Å². The van der Waals surface area contributed by atoms with E-state index >= 15 is 0 Å². The lowest BCUT2D eigenvalue weighted by molar-refractivity contribution is 0.0682. The monoisotopic (exact) mass is 372 g/mol.